The van der Waals surface area contributed by atoms with Crippen LogP contribution in [0.25, 0.3) is 0 Å². The van der Waals surface area contributed by atoms with Crippen LogP contribution < -0.4 is 5.56 Å². The van der Waals surface area contributed by atoms with E-state index in [4.69, 9.17) is 31.6 Å². The van der Waals surface area contributed by atoms with E-state index >= 15 is 0 Å². The van der Waals surface area contributed by atoms with Gasteiger partial charge >= 0.3 is 31.3 Å². The topological polar surface area (TPSA) is 294 Å². The van der Waals surface area contributed by atoms with Gasteiger partial charge in [0.1, 0.15) is 18.3 Å². The summed E-state index contributed by atoms with van der Waals surface area (Å²) in [6, 6.07) is 1.02. The highest BCUT2D eigenvalue weighted by Gasteiger charge is 2.47. The van der Waals surface area contributed by atoms with E-state index in [2.05, 4.69) is 22.4 Å². The van der Waals surface area contributed by atoms with Gasteiger partial charge in [-0.1, -0.05) is 0 Å². The number of phosphoric acid groups is 4. The zero-order chi connectivity index (χ0) is 25.4. The van der Waals surface area contributed by atoms with E-state index in [-0.39, 0.29) is 4.77 Å². The fraction of sp³-hybridized carbons (Fsp3) is 0.556. The molecule has 0 spiro atoms. The van der Waals surface area contributed by atoms with Crippen molar-refractivity contribution in [2.75, 3.05) is 6.61 Å². The van der Waals surface area contributed by atoms with E-state index in [1.807, 2.05) is 0 Å². The number of rotatable bonds is 10. The maximum Gasteiger partial charge on any atom is 0.490 e. The summed E-state index contributed by atoms with van der Waals surface area (Å²) in [4.78, 5) is 58.1. The molecule has 190 valence electrons. The predicted molar refractivity (Wildman–Crippen MR) is 103 cm³/mol. The van der Waals surface area contributed by atoms with Crippen molar-refractivity contribution in [1.29, 1.82) is 0 Å². The van der Waals surface area contributed by atoms with E-state index in [1.54, 1.807) is 0 Å². The molecule has 0 amide bonds. The first-order chi connectivity index (χ1) is 14.8. The molecule has 1 aliphatic rings. The van der Waals surface area contributed by atoms with Gasteiger partial charge in [-0.05, 0) is 12.2 Å². The second-order valence-electron chi connectivity index (χ2n) is 6.00. The van der Waals surface area contributed by atoms with E-state index in [0.717, 1.165) is 16.8 Å². The summed E-state index contributed by atoms with van der Waals surface area (Å²) in [6.45, 7) is -1.07. The van der Waals surface area contributed by atoms with Crippen LogP contribution in [0.2, 0.25) is 0 Å². The maximum atomic E-state index is 11.9. The van der Waals surface area contributed by atoms with Crippen LogP contribution in [0, 0.1) is 4.77 Å². The van der Waals surface area contributed by atoms with Crippen LogP contribution in [0.1, 0.15) is 6.23 Å². The highest BCUT2D eigenvalue weighted by Crippen LogP contribution is 2.70. The summed E-state index contributed by atoms with van der Waals surface area (Å²) in [7, 11) is -23.3. The molecule has 2 rings (SSSR count). The quantitative estimate of drug-likeness (QED) is 0.121. The van der Waals surface area contributed by atoms with Crippen molar-refractivity contribution < 1.29 is 75.1 Å². The smallest absolute Gasteiger partial charge is 0.387 e. The molecule has 1 aromatic rings. The summed E-state index contributed by atoms with van der Waals surface area (Å²) >= 11 is 4.89. The molecule has 1 fully saturated rings. The van der Waals surface area contributed by atoms with Gasteiger partial charge in [0.25, 0.3) is 5.56 Å². The van der Waals surface area contributed by atoms with Crippen molar-refractivity contribution in [2.45, 2.75) is 24.5 Å². The molecule has 1 saturated heterocycles. The number of ether oxygens (including phenoxy) is 1. The number of aliphatic hydroxyl groups is 2. The minimum absolute atomic E-state index is 0.208. The minimum atomic E-state index is -6.01. The summed E-state index contributed by atoms with van der Waals surface area (Å²) in [5, 5.41) is 20.2. The third kappa shape index (κ3) is 8.61. The zero-order valence-electron chi connectivity index (χ0n) is 15.5. The standard InChI is InChI=1S/C9H16N2O17P4S/c12-5-1-2-11(9(33)10-5)8-7(14)6(13)4(25-8)3-24-30(18,19)27-32(22,23)28-31(20,21)26-29(15,16)17/h1-2,4,6-8,13-14H,3H2,(H,18,19)(H,20,21)(H,22,23)(H,10,12,33)(H2,15,16,17)/t4-,6-,7-,8-/m1/s1. The van der Waals surface area contributed by atoms with Gasteiger partial charge in [-0.3, -0.25) is 18.9 Å². The Balaban J connectivity index is 2.04. The molecule has 33 heavy (non-hydrogen) atoms. The van der Waals surface area contributed by atoms with E-state index < -0.39 is 68.0 Å². The van der Waals surface area contributed by atoms with Crippen molar-refractivity contribution in [2.24, 2.45) is 0 Å². The van der Waals surface area contributed by atoms with Gasteiger partial charge in [0.15, 0.2) is 11.0 Å². The molecule has 24 heteroatoms. The first-order valence-corrected chi connectivity index (χ1v) is 14.4. The van der Waals surface area contributed by atoms with Gasteiger partial charge in [0.2, 0.25) is 0 Å². The molecule has 19 nitrogen and oxygen atoms in total. The van der Waals surface area contributed by atoms with Gasteiger partial charge in [0.05, 0.1) is 6.61 Å². The molecule has 0 saturated carbocycles. The summed E-state index contributed by atoms with van der Waals surface area (Å²) in [5.74, 6) is 0. The molecular weight excluding hydrogens is 564 g/mol. The molecular formula is C9H16N2O17P4S. The lowest BCUT2D eigenvalue weighted by Gasteiger charge is -2.20. The number of aliphatic hydroxyl groups excluding tert-OH is 2. The fourth-order valence-electron chi connectivity index (χ4n) is 2.34. The van der Waals surface area contributed by atoms with Crippen LogP contribution >= 0.6 is 43.5 Å². The molecule has 0 radical (unpaired) electrons. The van der Waals surface area contributed by atoms with Crippen LogP contribution in [0.3, 0.4) is 0 Å². The summed E-state index contributed by atoms with van der Waals surface area (Å²) in [6.07, 6.45) is -5.29. The average Bonchev–Trinajstić information content (AvgIpc) is 2.84. The average molecular weight is 580 g/mol. The lowest BCUT2D eigenvalue weighted by Crippen LogP contribution is -2.34. The van der Waals surface area contributed by atoms with Gasteiger partial charge < -0.3 is 39.4 Å². The van der Waals surface area contributed by atoms with E-state index in [9.17, 15) is 43.1 Å². The van der Waals surface area contributed by atoms with Crippen LogP contribution in [-0.4, -0.2) is 69.1 Å². The molecule has 2 heterocycles. The minimum Gasteiger partial charge on any atom is -0.387 e. The number of phosphoric ester groups is 1. The first-order valence-electron chi connectivity index (χ1n) is 7.96. The number of hydrogen-bond acceptors (Lipinski definition) is 13. The Morgan fingerprint density at radius 2 is 1.52 bits per heavy atom. The van der Waals surface area contributed by atoms with Gasteiger partial charge in [-0.25, -0.2) is 18.3 Å². The number of hydrogen-bond donors (Lipinski definition) is 8. The third-order valence-corrected chi connectivity index (χ3v) is 9.25. The summed E-state index contributed by atoms with van der Waals surface area (Å²) in [5.41, 5.74) is -0.572. The van der Waals surface area contributed by atoms with Crippen molar-refractivity contribution in [1.82, 2.24) is 9.55 Å². The highest BCUT2D eigenvalue weighted by molar-refractivity contribution is 7.71. The Hall–Kier alpha value is -0.460. The number of aromatic amines is 1. The largest absolute Gasteiger partial charge is 0.490 e. The Morgan fingerprint density at radius 3 is 2.06 bits per heavy atom. The number of nitrogens with zero attached hydrogens (tertiary/aromatic N) is 1. The molecule has 7 atom stereocenters. The van der Waals surface area contributed by atoms with Crippen molar-refractivity contribution in [3.8, 4) is 0 Å². The van der Waals surface area contributed by atoms with Gasteiger partial charge in [-0.2, -0.15) is 12.9 Å². The molecule has 3 unspecified atom stereocenters. The normalized spacial score (nSPS) is 29.2. The molecule has 0 bridgehead atoms. The van der Waals surface area contributed by atoms with E-state index in [0.29, 0.717) is 0 Å². The monoisotopic (exact) mass is 580 g/mol. The molecule has 1 aromatic heterocycles. The first kappa shape index (κ1) is 28.8. The molecule has 1 aliphatic heterocycles. The number of nitrogens with one attached hydrogen (secondary N) is 1. The number of aromatic nitrogens is 2. The molecule has 0 aliphatic carbocycles. The molecule has 8 N–H and O–H groups in total. The Bertz CT molecular complexity index is 1180. The maximum absolute atomic E-state index is 11.9. The predicted octanol–water partition coefficient (Wildman–Crippen LogP) is -1.01. The number of H-pyrrole nitrogens is 1. The van der Waals surface area contributed by atoms with Gasteiger partial charge in [-0.15, -0.1) is 0 Å². The summed E-state index contributed by atoms with van der Waals surface area (Å²) < 4.78 is 66.1. The second kappa shape index (κ2) is 10.3. The lowest BCUT2D eigenvalue weighted by molar-refractivity contribution is -0.0533. The van der Waals surface area contributed by atoms with Crippen LogP contribution in [0.5, 0.6) is 0 Å². The van der Waals surface area contributed by atoms with Crippen molar-refractivity contribution >= 4 is 43.5 Å². The van der Waals surface area contributed by atoms with Crippen molar-refractivity contribution in [3.05, 3.63) is 27.4 Å². The van der Waals surface area contributed by atoms with Crippen LogP contribution in [0.4, 0.5) is 0 Å². The highest BCUT2D eigenvalue weighted by atomic mass is 32.1. The Kier molecular flexibility index (Phi) is 8.95. The molecule has 0 aromatic carbocycles. The zero-order valence-corrected chi connectivity index (χ0v) is 19.9. The fourth-order valence-corrected chi connectivity index (χ4v) is 7.07. The SMILES string of the molecule is O=c1ccn([C@@H]2O[C@H](COP(=O)(O)OP(=O)(O)OP(=O)(O)OP(=O)(O)O)[C@@H](O)[C@H]2O)c(=S)[nH]1. The van der Waals surface area contributed by atoms with Crippen molar-refractivity contribution in [3.63, 3.8) is 0 Å². The second-order valence-corrected chi connectivity index (χ2v) is 12.4. The van der Waals surface area contributed by atoms with E-state index in [1.165, 1.54) is 0 Å². The lowest BCUT2D eigenvalue weighted by atomic mass is 10.1. The Morgan fingerprint density at radius 1 is 0.970 bits per heavy atom. The van der Waals surface area contributed by atoms with Crippen LogP contribution in [-0.2, 0) is 40.5 Å². The Labute approximate surface area is 187 Å². The van der Waals surface area contributed by atoms with Gasteiger partial charge in [0, 0.05) is 12.3 Å². The third-order valence-electron chi connectivity index (χ3n) is 3.49. The van der Waals surface area contributed by atoms with Crippen LogP contribution in [0.15, 0.2) is 17.1 Å².